The van der Waals surface area contributed by atoms with Crippen LogP contribution in [0.1, 0.15) is 38.8 Å². The first-order valence-electron chi connectivity index (χ1n) is 9.02. The fourth-order valence-corrected chi connectivity index (χ4v) is 3.30. The van der Waals surface area contributed by atoms with Gasteiger partial charge in [-0.15, -0.1) is 0 Å². The minimum atomic E-state index is -0.491. The SMILES string of the molecule is COC(=O)[C@@H](c1ccccc1)N(C)CC1CCN(C(=O)OC(C)(C)C)C1. The first-order valence-corrected chi connectivity index (χ1v) is 9.02. The van der Waals surface area contributed by atoms with Gasteiger partial charge in [0.15, 0.2) is 0 Å². The van der Waals surface area contributed by atoms with Crippen molar-refractivity contribution in [3.63, 3.8) is 0 Å². The van der Waals surface area contributed by atoms with Gasteiger partial charge in [0.25, 0.3) is 0 Å². The molecule has 1 heterocycles. The number of ether oxygens (including phenoxy) is 2. The molecule has 6 nitrogen and oxygen atoms in total. The van der Waals surface area contributed by atoms with Gasteiger partial charge in [-0.05, 0) is 45.7 Å². The molecule has 1 saturated heterocycles. The molecule has 0 bridgehead atoms. The highest BCUT2D eigenvalue weighted by Gasteiger charge is 2.33. The second-order valence-electron chi connectivity index (χ2n) is 7.86. The molecule has 144 valence electrons. The maximum absolute atomic E-state index is 12.3. The Kier molecular flexibility index (Phi) is 6.64. The van der Waals surface area contributed by atoms with Crippen LogP contribution in [-0.4, -0.2) is 61.3 Å². The molecule has 0 aliphatic carbocycles. The van der Waals surface area contributed by atoms with Crippen LogP contribution in [0, 0.1) is 5.92 Å². The van der Waals surface area contributed by atoms with Crippen LogP contribution >= 0.6 is 0 Å². The summed E-state index contributed by atoms with van der Waals surface area (Å²) >= 11 is 0. The second-order valence-corrected chi connectivity index (χ2v) is 7.86. The van der Waals surface area contributed by atoms with Gasteiger partial charge in [-0.25, -0.2) is 9.59 Å². The number of benzene rings is 1. The van der Waals surface area contributed by atoms with Gasteiger partial charge in [-0.2, -0.15) is 0 Å². The first-order chi connectivity index (χ1) is 12.2. The lowest BCUT2D eigenvalue weighted by Gasteiger charge is -2.29. The van der Waals surface area contributed by atoms with E-state index in [2.05, 4.69) is 0 Å². The summed E-state index contributed by atoms with van der Waals surface area (Å²) in [6, 6.07) is 9.17. The Hall–Kier alpha value is -2.08. The summed E-state index contributed by atoms with van der Waals surface area (Å²) in [5.74, 6) is 0.0177. The van der Waals surface area contributed by atoms with Gasteiger partial charge in [0, 0.05) is 19.6 Å². The summed E-state index contributed by atoms with van der Waals surface area (Å²) in [5.41, 5.74) is 0.416. The standard InChI is InChI=1S/C20H30N2O4/c1-20(2,3)26-19(24)22-12-11-15(14-22)13-21(4)17(18(23)25-5)16-9-7-6-8-10-16/h6-10,15,17H,11-14H2,1-5H3/t15?,17-/m1/s1. The zero-order valence-electron chi connectivity index (χ0n) is 16.4. The number of hydrogen-bond donors (Lipinski definition) is 0. The molecule has 26 heavy (non-hydrogen) atoms. The van der Waals surface area contributed by atoms with Crippen LogP contribution in [0.3, 0.4) is 0 Å². The summed E-state index contributed by atoms with van der Waals surface area (Å²) in [6.45, 7) is 7.63. The third kappa shape index (κ3) is 5.46. The van der Waals surface area contributed by atoms with Crippen molar-refractivity contribution in [1.82, 2.24) is 9.80 Å². The van der Waals surface area contributed by atoms with Crippen LogP contribution in [0.25, 0.3) is 0 Å². The number of likely N-dealkylation sites (N-methyl/N-ethyl adjacent to an activating group) is 1. The predicted octanol–water partition coefficient (Wildman–Crippen LogP) is 3.09. The van der Waals surface area contributed by atoms with E-state index in [-0.39, 0.29) is 12.1 Å². The zero-order chi connectivity index (χ0) is 19.3. The Morgan fingerprint density at radius 1 is 1.27 bits per heavy atom. The van der Waals surface area contributed by atoms with E-state index in [1.807, 2.05) is 63.1 Å². The van der Waals surface area contributed by atoms with Gasteiger partial charge in [0.1, 0.15) is 11.6 Å². The van der Waals surface area contributed by atoms with Crippen LogP contribution < -0.4 is 0 Å². The van der Waals surface area contributed by atoms with Crippen LogP contribution in [0.4, 0.5) is 4.79 Å². The molecule has 0 radical (unpaired) electrons. The monoisotopic (exact) mass is 362 g/mol. The number of amides is 1. The summed E-state index contributed by atoms with van der Waals surface area (Å²) in [4.78, 5) is 28.3. The Morgan fingerprint density at radius 2 is 1.92 bits per heavy atom. The topological polar surface area (TPSA) is 59.1 Å². The molecular formula is C20H30N2O4. The van der Waals surface area contributed by atoms with Crippen molar-refractivity contribution in [3.8, 4) is 0 Å². The number of methoxy groups -OCH3 is 1. The van der Waals surface area contributed by atoms with Crippen molar-refractivity contribution in [1.29, 1.82) is 0 Å². The fraction of sp³-hybridized carbons (Fsp3) is 0.600. The minimum absolute atomic E-state index is 0.268. The normalized spacial score (nSPS) is 18.7. The number of carbonyl (C=O) groups excluding carboxylic acids is 2. The fourth-order valence-electron chi connectivity index (χ4n) is 3.30. The summed E-state index contributed by atoms with van der Waals surface area (Å²) in [7, 11) is 3.33. The highest BCUT2D eigenvalue weighted by molar-refractivity contribution is 5.77. The van der Waals surface area contributed by atoms with E-state index in [1.54, 1.807) is 4.90 Å². The molecule has 1 aromatic carbocycles. The largest absolute Gasteiger partial charge is 0.468 e. The average Bonchev–Trinajstić information content (AvgIpc) is 3.03. The number of nitrogens with zero attached hydrogens (tertiary/aromatic N) is 2. The maximum Gasteiger partial charge on any atom is 0.410 e. The Morgan fingerprint density at radius 3 is 2.50 bits per heavy atom. The molecule has 1 aromatic rings. The molecule has 2 atom stereocenters. The van der Waals surface area contributed by atoms with E-state index in [1.165, 1.54) is 7.11 Å². The summed E-state index contributed by atoms with van der Waals surface area (Å²) in [5, 5.41) is 0. The van der Waals surface area contributed by atoms with E-state index in [4.69, 9.17) is 9.47 Å². The lowest BCUT2D eigenvalue weighted by atomic mass is 10.0. The minimum Gasteiger partial charge on any atom is -0.468 e. The Bertz CT molecular complexity index is 612. The molecule has 0 aromatic heterocycles. The third-order valence-corrected chi connectivity index (χ3v) is 4.46. The molecule has 1 unspecified atom stereocenters. The molecule has 2 rings (SSSR count). The van der Waals surface area contributed by atoms with Gasteiger partial charge < -0.3 is 14.4 Å². The Balaban J connectivity index is 1.98. The van der Waals surface area contributed by atoms with Gasteiger partial charge in [0.2, 0.25) is 0 Å². The quantitative estimate of drug-likeness (QED) is 0.754. The van der Waals surface area contributed by atoms with Gasteiger partial charge in [0.05, 0.1) is 7.11 Å². The van der Waals surface area contributed by atoms with Gasteiger partial charge in [-0.1, -0.05) is 30.3 Å². The summed E-state index contributed by atoms with van der Waals surface area (Å²) in [6.07, 6.45) is 0.627. The van der Waals surface area contributed by atoms with Crippen molar-refractivity contribution < 1.29 is 19.1 Å². The molecule has 0 spiro atoms. The lowest BCUT2D eigenvalue weighted by molar-refractivity contribution is -0.147. The van der Waals surface area contributed by atoms with Crippen LogP contribution in [-0.2, 0) is 14.3 Å². The molecule has 1 aliphatic heterocycles. The van der Waals surface area contributed by atoms with Gasteiger partial charge in [-0.3, -0.25) is 4.90 Å². The average molecular weight is 362 g/mol. The van der Waals surface area contributed by atoms with Crippen molar-refractivity contribution in [2.45, 2.75) is 38.8 Å². The highest BCUT2D eigenvalue weighted by Crippen LogP contribution is 2.25. The second kappa shape index (κ2) is 8.54. The molecular weight excluding hydrogens is 332 g/mol. The van der Waals surface area contributed by atoms with Crippen molar-refractivity contribution in [2.24, 2.45) is 5.92 Å². The van der Waals surface area contributed by atoms with E-state index in [9.17, 15) is 9.59 Å². The van der Waals surface area contributed by atoms with Crippen molar-refractivity contribution in [3.05, 3.63) is 35.9 Å². The van der Waals surface area contributed by atoms with Crippen LogP contribution in [0.2, 0.25) is 0 Å². The number of likely N-dealkylation sites (tertiary alicyclic amines) is 1. The molecule has 1 aliphatic rings. The zero-order valence-corrected chi connectivity index (χ0v) is 16.4. The molecule has 0 saturated carbocycles. The van der Waals surface area contributed by atoms with E-state index >= 15 is 0 Å². The van der Waals surface area contributed by atoms with Gasteiger partial charge >= 0.3 is 12.1 Å². The smallest absolute Gasteiger partial charge is 0.410 e. The highest BCUT2D eigenvalue weighted by atomic mass is 16.6. The summed E-state index contributed by atoms with van der Waals surface area (Å²) < 4.78 is 10.4. The van der Waals surface area contributed by atoms with E-state index < -0.39 is 11.6 Å². The molecule has 6 heteroatoms. The number of rotatable bonds is 5. The van der Waals surface area contributed by atoms with E-state index in [0.717, 1.165) is 12.0 Å². The first kappa shape index (κ1) is 20.2. The van der Waals surface area contributed by atoms with Crippen molar-refractivity contribution >= 4 is 12.1 Å². The third-order valence-electron chi connectivity index (χ3n) is 4.46. The molecule has 0 N–H and O–H groups in total. The van der Waals surface area contributed by atoms with Crippen LogP contribution in [0.5, 0.6) is 0 Å². The number of carbonyl (C=O) groups is 2. The Labute approximate surface area is 156 Å². The molecule has 1 amide bonds. The number of hydrogen-bond acceptors (Lipinski definition) is 5. The lowest BCUT2D eigenvalue weighted by Crippen LogP contribution is -2.38. The number of esters is 1. The molecule has 1 fully saturated rings. The van der Waals surface area contributed by atoms with Crippen LogP contribution in [0.15, 0.2) is 30.3 Å². The van der Waals surface area contributed by atoms with E-state index in [0.29, 0.717) is 25.6 Å². The predicted molar refractivity (Wildman–Crippen MR) is 99.7 cm³/mol. The van der Waals surface area contributed by atoms with Crippen molar-refractivity contribution in [2.75, 3.05) is 33.8 Å². The maximum atomic E-state index is 12.3.